The maximum Gasteiger partial charge on any atom is 0.168 e. The predicted molar refractivity (Wildman–Crippen MR) is 84.9 cm³/mol. The van der Waals surface area contributed by atoms with Crippen molar-refractivity contribution in [1.82, 2.24) is 15.0 Å². The van der Waals surface area contributed by atoms with E-state index in [0.29, 0.717) is 12.2 Å². The average molecular weight is 302 g/mol. The van der Waals surface area contributed by atoms with E-state index in [1.54, 1.807) is 6.20 Å². The molecule has 22 heavy (non-hydrogen) atoms. The van der Waals surface area contributed by atoms with Crippen LogP contribution in [0.5, 0.6) is 0 Å². The lowest BCUT2D eigenvalue weighted by atomic mass is 10.2. The molecule has 0 atom stereocenters. The van der Waals surface area contributed by atoms with Crippen LogP contribution in [0.3, 0.4) is 0 Å². The highest BCUT2D eigenvalue weighted by Gasteiger charge is 2.14. The fraction of sp³-hybridized carbons (Fsp3) is 0.500. The van der Waals surface area contributed by atoms with Crippen LogP contribution in [0.1, 0.15) is 12.1 Å². The van der Waals surface area contributed by atoms with Gasteiger partial charge in [0, 0.05) is 50.5 Å². The third kappa shape index (κ3) is 3.45. The van der Waals surface area contributed by atoms with E-state index < -0.39 is 0 Å². The molecule has 6 heteroatoms. The summed E-state index contributed by atoms with van der Waals surface area (Å²) in [7, 11) is 2.16. The molecule has 0 spiro atoms. The van der Waals surface area contributed by atoms with E-state index in [9.17, 15) is 0 Å². The molecular weight excluding hydrogens is 280 g/mol. The van der Waals surface area contributed by atoms with Crippen molar-refractivity contribution in [3.05, 3.63) is 30.2 Å². The first kappa shape index (κ1) is 15.0. The summed E-state index contributed by atoms with van der Waals surface area (Å²) in [6, 6.07) is 3.97. The van der Waals surface area contributed by atoms with Crippen LogP contribution >= 0.6 is 0 Å². The third-order valence-corrected chi connectivity index (χ3v) is 4.02. The van der Waals surface area contributed by atoms with Gasteiger partial charge in [-0.15, -0.1) is 0 Å². The minimum atomic E-state index is 0.0750. The van der Waals surface area contributed by atoms with E-state index in [2.05, 4.69) is 33.1 Å². The lowest BCUT2D eigenvalue weighted by Crippen LogP contribution is -2.28. The molecular formula is C16H22N4O2. The summed E-state index contributed by atoms with van der Waals surface area (Å²) in [4.78, 5) is 9.07. The lowest BCUT2D eigenvalue weighted by Gasteiger charge is -2.22. The molecule has 1 fully saturated rings. The third-order valence-electron chi connectivity index (χ3n) is 4.02. The molecule has 0 radical (unpaired) electrons. The molecule has 0 unspecified atom stereocenters. The maximum absolute atomic E-state index is 8.96. The normalized spacial score (nSPS) is 16.7. The van der Waals surface area contributed by atoms with Crippen molar-refractivity contribution in [3.63, 3.8) is 0 Å². The van der Waals surface area contributed by atoms with Gasteiger partial charge in [0.05, 0.1) is 17.6 Å². The van der Waals surface area contributed by atoms with E-state index in [4.69, 9.17) is 9.63 Å². The fourth-order valence-electron chi connectivity index (χ4n) is 2.72. The molecule has 1 aliphatic heterocycles. The highest BCUT2D eigenvalue weighted by Crippen LogP contribution is 2.25. The second kappa shape index (κ2) is 6.89. The average Bonchev–Trinajstić information content (AvgIpc) is 2.89. The number of hydrogen-bond acceptors (Lipinski definition) is 6. The Morgan fingerprint density at radius 1 is 1.18 bits per heavy atom. The zero-order chi connectivity index (χ0) is 15.4. The van der Waals surface area contributed by atoms with Crippen LogP contribution in [0.25, 0.3) is 11.3 Å². The molecule has 1 aliphatic rings. The first-order chi connectivity index (χ1) is 10.8. The Balaban J connectivity index is 1.79. The van der Waals surface area contributed by atoms with Crippen molar-refractivity contribution in [2.24, 2.45) is 0 Å². The molecule has 118 valence electrons. The number of anilines is 1. The number of likely N-dealkylation sites (N-methyl/N-ethyl adjacent to an activating group) is 1. The second-order valence-corrected chi connectivity index (χ2v) is 5.73. The van der Waals surface area contributed by atoms with Crippen LogP contribution in [0.2, 0.25) is 0 Å². The molecule has 0 saturated carbocycles. The molecule has 1 N–H and O–H groups in total. The van der Waals surface area contributed by atoms with Crippen LogP contribution in [0.15, 0.2) is 29.0 Å². The van der Waals surface area contributed by atoms with Gasteiger partial charge in [-0.2, -0.15) is 0 Å². The van der Waals surface area contributed by atoms with Gasteiger partial charge in [0.25, 0.3) is 0 Å². The SMILES string of the molecule is CN1CCCN(c2cncc(-c3cc(CCO)no3)c2)CC1. The van der Waals surface area contributed by atoms with Gasteiger partial charge < -0.3 is 19.4 Å². The van der Waals surface area contributed by atoms with Gasteiger partial charge in [-0.05, 0) is 26.1 Å². The smallest absolute Gasteiger partial charge is 0.168 e. The summed E-state index contributed by atoms with van der Waals surface area (Å²) in [5.74, 6) is 0.699. The van der Waals surface area contributed by atoms with Crippen molar-refractivity contribution < 1.29 is 9.63 Å². The fourth-order valence-corrected chi connectivity index (χ4v) is 2.72. The van der Waals surface area contributed by atoms with Gasteiger partial charge in [0.15, 0.2) is 5.76 Å². The minimum Gasteiger partial charge on any atom is -0.396 e. The Morgan fingerprint density at radius 3 is 2.95 bits per heavy atom. The summed E-state index contributed by atoms with van der Waals surface area (Å²) < 4.78 is 5.36. The van der Waals surface area contributed by atoms with Crippen LogP contribution in [0, 0.1) is 0 Å². The van der Waals surface area contributed by atoms with Crippen molar-refractivity contribution in [3.8, 4) is 11.3 Å². The highest BCUT2D eigenvalue weighted by atomic mass is 16.5. The van der Waals surface area contributed by atoms with Gasteiger partial charge >= 0.3 is 0 Å². The highest BCUT2D eigenvalue weighted by molar-refractivity contribution is 5.62. The number of aromatic nitrogens is 2. The molecule has 3 heterocycles. The van der Waals surface area contributed by atoms with Gasteiger partial charge in [-0.25, -0.2) is 0 Å². The lowest BCUT2D eigenvalue weighted by molar-refractivity contribution is 0.294. The Bertz CT molecular complexity index is 614. The van der Waals surface area contributed by atoms with Gasteiger partial charge in [-0.3, -0.25) is 4.98 Å². The zero-order valence-corrected chi connectivity index (χ0v) is 12.9. The Hall–Kier alpha value is -1.92. The van der Waals surface area contributed by atoms with Crippen LogP contribution in [-0.2, 0) is 6.42 Å². The Kier molecular flexibility index (Phi) is 4.70. The van der Waals surface area contributed by atoms with Crippen molar-refractivity contribution in [2.45, 2.75) is 12.8 Å². The van der Waals surface area contributed by atoms with Crippen LogP contribution < -0.4 is 4.90 Å². The summed E-state index contributed by atoms with van der Waals surface area (Å²) in [5, 5.41) is 12.9. The Morgan fingerprint density at radius 2 is 2.09 bits per heavy atom. The van der Waals surface area contributed by atoms with Crippen molar-refractivity contribution >= 4 is 5.69 Å². The summed E-state index contributed by atoms with van der Waals surface area (Å²) in [5.41, 5.74) is 2.80. The molecule has 6 nitrogen and oxygen atoms in total. The van der Waals surface area contributed by atoms with Gasteiger partial charge in [-0.1, -0.05) is 5.16 Å². The first-order valence-corrected chi connectivity index (χ1v) is 7.71. The predicted octanol–water partition coefficient (Wildman–Crippen LogP) is 1.41. The molecule has 2 aromatic rings. The number of aliphatic hydroxyl groups is 1. The number of nitrogens with zero attached hydrogens (tertiary/aromatic N) is 4. The van der Waals surface area contributed by atoms with E-state index >= 15 is 0 Å². The van der Waals surface area contributed by atoms with Gasteiger partial charge in [0.1, 0.15) is 0 Å². The zero-order valence-electron chi connectivity index (χ0n) is 12.9. The second-order valence-electron chi connectivity index (χ2n) is 5.73. The number of rotatable bonds is 4. The largest absolute Gasteiger partial charge is 0.396 e. The molecule has 0 aromatic carbocycles. The van der Waals surface area contributed by atoms with Gasteiger partial charge in [0.2, 0.25) is 0 Å². The van der Waals surface area contributed by atoms with Crippen molar-refractivity contribution in [2.75, 3.05) is 44.7 Å². The molecule has 2 aromatic heterocycles. The minimum absolute atomic E-state index is 0.0750. The molecule has 0 aliphatic carbocycles. The molecule has 3 rings (SSSR count). The number of pyridine rings is 1. The monoisotopic (exact) mass is 302 g/mol. The quantitative estimate of drug-likeness (QED) is 0.921. The van der Waals surface area contributed by atoms with Crippen LogP contribution in [-0.4, -0.2) is 60.0 Å². The van der Waals surface area contributed by atoms with Crippen LogP contribution in [0.4, 0.5) is 5.69 Å². The molecule has 0 amide bonds. The molecule has 0 bridgehead atoms. The van der Waals surface area contributed by atoms with E-state index in [1.165, 1.54) is 0 Å². The maximum atomic E-state index is 8.96. The van der Waals surface area contributed by atoms with E-state index in [1.807, 2.05) is 12.3 Å². The first-order valence-electron chi connectivity index (χ1n) is 7.71. The number of aliphatic hydroxyl groups excluding tert-OH is 1. The summed E-state index contributed by atoms with van der Waals surface area (Å²) in [6.45, 7) is 4.32. The van der Waals surface area contributed by atoms with E-state index in [-0.39, 0.29) is 6.61 Å². The van der Waals surface area contributed by atoms with E-state index in [0.717, 1.165) is 49.5 Å². The number of hydrogen-bond donors (Lipinski definition) is 1. The standard InChI is InChI=1S/C16H22N4O2/c1-19-4-2-5-20(7-6-19)15-9-13(11-17-12-15)16-10-14(3-8-21)18-22-16/h9-12,21H,2-8H2,1H3. The van der Waals surface area contributed by atoms with Crippen molar-refractivity contribution in [1.29, 1.82) is 0 Å². The molecule has 1 saturated heterocycles. The summed E-state index contributed by atoms with van der Waals surface area (Å²) >= 11 is 0. The topological polar surface area (TPSA) is 65.6 Å². The Labute approximate surface area is 130 Å². The summed E-state index contributed by atoms with van der Waals surface area (Å²) in [6.07, 6.45) is 5.36.